The van der Waals surface area contributed by atoms with Crippen LogP contribution in [-0.2, 0) is 4.79 Å². The van der Waals surface area contributed by atoms with Crippen LogP contribution in [-0.4, -0.2) is 31.2 Å². The molecule has 1 aromatic carbocycles. The average Bonchev–Trinajstić information content (AvgIpc) is 2.55. The van der Waals surface area contributed by atoms with Crippen molar-refractivity contribution in [3.63, 3.8) is 0 Å². The van der Waals surface area contributed by atoms with E-state index < -0.39 is 0 Å². The van der Waals surface area contributed by atoms with Crippen molar-refractivity contribution in [1.82, 2.24) is 5.32 Å². The minimum absolute atomic E-state index is 0.104. The molecule has 3 N–H and O–H groups in total. The SMILES string of the molecule is CCOc1ccccc1OCCCC(=O)NC1CCC(N)CC1. The molecule has 0 bridgehead atoms. The molecule has 1 aliphatic rings. The third kappa shape index (κ3) is 6.10. The van der Waals surface area contributed by atoms with Gasteiger partial charge in [-0.2, -0.15) is 0 Å². The van der Waals surface area contributed by atoms with Crippen molar-refractivity contribution in [2.75, 3.05) is 13.2 Å². The summed E-state index contributed by atoms with van der Waals surface area (Å²) in [4.78, 5) is 12.0. The molecule has 23 heavy (non-hydrogen) atoms. The van der Waals surface area contributed by atoms with Crippen molar-refractivity contribution in [1.29, 1.82) is 0 Å². The van der Waals surface area contributed by atoms with Crippen LogP contribution in [0.3, 0.4) is 0 Å². The predicted molar refractivity (Wildman–Crippen MR) is 90.7 cm³/mol. The summed E-state index contributed by atoms with van der Waals surface area (Å²) in [5.41, 5.74) is 5.88. The number of para-hydroxylation sites is 2. The van der Waals surface area contributed by atoms with E-state index >= 15 is 0 Å². The number of ether oxygens (including phenoxy) is 2. The number of nitrogens with two attached hydrogens (primary N) is 1. The molecule has 0 saturated heterocycles. The molecular formula is C18H28N2O3. The van der Waals surface area contributed by atoms with Crippen molar-refractivity contribution < 1.29 is 14.3 Å². The number of amides is 1. The third-order valence-electron chi connectivity index (χ3n) is 4.09. The van der Waals surface area contributed by atoms with Crippen molar-refractivity contribution in [2.45, 2.75) is 57.5 Å². The molecule has 0 aliphatic heterocycles. The van der Waals surface area contributed by atoms with Gasteiger partial charge < -0.3 is 20.5 Å². The molecule has 0 heterocycles. The zero-order valence-corrected chi connectivity index (χ0v) is 13.9. The molecule has 0 aromatic heterocycles. The van der Waals surface area contributed by atoms with Crippen molar-refractivity contribution >= 4 is 5.91 Å². The van der Waals surface area contributed by atoms with Crippen LogP contribution in [0.2, 0.25) is 0 Å². The van der Waals surface area contributed by atoms with Gasteiger partial charge in [0, 0.05) is 18.5 Å². The van der Waals surface area contributed by atoms with E-state index in [4.69, 9.17) is 15.2 Å². The summed E-state index contributed by atoms with van der Waals surface area (Å²) in [7, 11) is 0. The van der Waals surface area contributed by atoms with Gasteiger partial charge in [0.1, 0.15) is 0 Å². The van der Waals surface area contributed by atoms with Crippen molar-refractivity contribution in [3.05, 3.63) is 24.3 Å². The number of carbonyl (C=O) groups is 1. The normalized spacial score (nSPS) is 20.8. The number of rotatable bonds is 8. The lowest BCUT2D eigenvalue weighted by Crippen LogP contribution is -2.40. The minimum Gasteiger partial charge on any atom is -0.490 e. The molecule has 1 aliphatic carbocycles. The first-order valence-electron chi connectivity index (χ1n) is 8.58. The van der Waals surface area contributed by atoms with E-state index in [9.17, 15) is 4.79 Å². The van der Waals surface area contributed by atoms with Crippen LogP contribution < -0.4 is 20.5 Å². The van der Waals surface area contributed by atoms with Gasteiger partial charge in [0.25, 0.3) is 0 Å². The Balaban J connectivity index is 1.64. The fourth-order valence-electron chi connectivity index (χ4n) is 2.82. The quantitative estimate of drug-likeness (QED) is 0.722. The monoisotopic (exact) mass is 320 g/mol. The summed E-state index contributed by atoms with van der Waals surface area (Å²) in [6.07, 6.45) is 5.17. The van der Waals surface area contributed by atoms with Crippen molar-refractivity contribution in [2.24, 2.45) is 5.73 Å². The number of benzene rings is 1. The highest BCUT2D eigenvalue weighted by atomic mass is 16.5. The van der Waals surface area contributed by atoms with Crippen LogP contribution >= 0.6 is 0 Å². The molecule has 5 heteroatoms. The maximum absolute atomic E-state index is 12.0. The highest BCUT2D eigenvalue weighted by Gasteiger charge is 2.19. The molecule has 1 saturated carbocycles. The molecule has 1 fully saturated rings. The highest BCUT2D eigenvalue weighted by molar-refractivity contribution is 5.76. The molecule has 0 unspecified atom stereocenters. The largest absolute Gasteiger partial charge is 0.490 e. The van der Waals surface area contributed by atoms with Gasteiger partial charge in [-0.3, -0.25) is 4.79 Å². The van der Waals surface area contributed by atoms with Gasteiger partial charge in [-0.1, -0.05) is 12.1 Å². The lowest BCUT2D eigenvalue weighted by molar-refractivity contribution is -0.122. The van der Waals surface area contributed by atoms with Crippen molar-refractivity contribution in [3.8, 4) is 11.5 Å². The Morgan fingerprint density at radius 3 is 2.48 bits per heavy atom. The fourth-order valence-corrected chi connectivity index (χ4v) is 2.82. The smallest absolute Gasteiger partial charge is 0.220 e. The Morgan fingerprint density at radius 2 is 1.83 bits per heavy atom. The van der Waals surface area contributed by atoms with Gasteiger partial charge in [-0.05, 0) is 51.2 Å². The van der Waals surface area contributed by atoms with E-state index in [0.29, 0.717) is 38.1 Å². The standard InChI is InChI=1S/C18H28N2O3/c1-2-22-16-6-3-4-7-17(16)23-13-5-8-18(21)20-15-11-9-14(19)10-12-15/h3-4,6-7,14-15H,2,5,8-13,19H2,1H3,(H,20,21). The summed E-state index contributed by atoms with van der Waals surface area (Å²) < 4.78 is 11.2. The Kier molecular flexibility index (Phi) is 7.20. The van der Waals surface area contributed by atoms with Gasteiger partial charge in [-0.25, -0.2) is 0 Å². The fraction of sp³-hybridized carbons (Fsp3) is 0.611. The number of hydrogen-bond acceptors (Lipinski definition) is 4. The Labute approximate surface area is 138 Å². The van der Waals surface area contributed by atoms with Crippen LogP contribution in [0, 0.1) is 0 Å². The molecule has 0 atom stereocenters. The van der Waals surface area contributed by atoms with Crippen LogP contribution in [0.15, 0.2) is 24.3 Å². The van der Waals surface area contributed by atoms with Crippen LogP contribution in [0.25, 0.3) is 0 Å². The van der Waals surface area contributed by atoms with Gasteiger partial charge >= 0.3 is 0 Å². The van der Waals surface area contributed by atoms with Gasteiger partial charge in [-0.15, -0.1) is 0 Å². The number of hydrogen-bond donors (Lipinski definition) is 2. The summed E-state index contributed by atoms with van der Waals surface area (Å²) >= 11 is 0. The predicted octanol–water partition coefficient (Wildman–Crippen LogP) is 2.63. The van der Waals surface area contributed by atoms with Crippen LogP contribution in [0.4, 0.5) is 0 Å². The summed E-state index contributed by atoms with van der Waals surface area (Å²) in [5.74, 6) is 1.58. The molecule has 2 rings (SSSR count). The number of carbonyl (C=O) groups excluding carboxylic acids is 1. The van der Waals surface area contributed by atoms with E-state index in [2.05, 4.69) is 5.32 Å². The molecule has 0 radical (unpaired) electrons. The topological polar surface area (TPSA) is 73.6 Å². The van der Waals surface area contributed by atoms with E-state index in [1.54, 1.807) is 0 Å². The highest BCUT2D eigenvalue weighted by Crippen LogP contribution is 2.26. The van der Waals surface area contributed by atoms with E-state index in [1.807, 2.05) is 31.2 Å². The Hall–Kier alpha value is -1.75. The molecule has 0 spiro atoms. The van der Waals surface area contributed by atoms with Crippen LogP contribution in [0.5, 0.6) is 11.5 Å². The van der Waals surface area contributed by atoms with Gasteiger partial charge in [0.05, 0.1) is 13.2 Å². The average molecular weight is 320 g/mol. The maximum Gasteiger partial charge on any atom is 0.220 e. The second-order valence-electron chi connectivity index (χ2n) is 6.01. The maximum atomic E-state index is 12.0. The van der Waals surface area contributed by atoms with Crippen LogP contribution in [0.1, 0.15) is 45.4 Å². The van der Waals surface area contributed by atoms with Gasteiger partial charge in [0.2, 0.25) is 5.91 Å². The molecule has 1 amide bonds. The molecular weight excluding hydrogens is 292 g/mol. The summed E-state index contributed by atoms with van der Waals surface area (Å²) in [5, 5.41) is 3.10. The Bertz CT molecular complexity index is 485. The molecule has 128 valence electrons. The third-order valence-corrected chi connectivity index (χ3v) is 4.09. The number of nitrogens with one attached hydrogen (secondary N) is 1. The molecule has 5 nitrogen and oxygen atoms in total. The first kappa shape index (κ1) is 17.6. The zero-order valence-electron chi connectivity index (χ0n) is 13.9. The lowest BCUT2D eigenvalue weighted by atomic mass is 9.92. The first-order valence-corrected chi connectivity index (χ1v) is 8.58. The minimum atomic E-state index is 0.104. The van der Waals surface area contributed by atoms with E-state index in [1.165, 1.54) is 0 Å². The zero-order chi connectivity index (χ0) is 16.5. The van der Waals surface area contributed by atoms with E-state index in [0.717, 1.165) is 37.2 Å². The molecule has 1 aromatic rings. The second-order valence-corrected chi connectivity index (χ2v) is 6.01. The first-order chi connectivity index (χ1) is 11.2. The summed E-state index contributed by atoms with van der Waals surface area (Å²) in [6, 6.07) is 8.21. The second kappa shape index (κ2) is 9.40. The summed E-state index contributed by atoms with van der Waals surface area (Å²) in [6.45, 7) is 3.06. The Morgan fingerprint density at radius 1 is 1.17 bits per heavy atom. The van der Waals surface area contributed by atoms with E-state index in [-0.39, 0.29) is 5.91 Å². The van der Waals surface area contributed by atoms with Gasteiger partial charge in [0.15, 0.2) is 11.5 Å². The lowest BCUT2D eigenvalue weighted by Gasteiger charge is -2.26.